The molecule has 3 nitrogen and oxygen atoms in total. The van der Waals surface area contributed by atoms with Gasteiger partial charge in [-0.1, -0.05) is 52.3 Å². The lowest BCUT2D eigenvalue weighted by molar-refractivity contribution is 0.0697. The van der Waals surface area contributed by atoms with Gasteiger partial charge in [-0.2, -0.15) is 0 Å². The number of allylic oxidation sites excluding steroid dienone is 2. The molecule has 0 saturated heterocycles. The molecular weight excluding hydrogens is 354 g/mol. The molecule has 0 spiro atoms. The Bertz CT molecular complexity index is 798. The molecule has 2 N–H and O–H groups in total. The first-order chi connectivity index (χ1) is 11.1. The fourth-order valence-electron chi connectivity index (χ4n) is 3.80. The van der Waals surface area contributed by atoms with Crippen LogP contribution in [0.4, 0.5) is 5.69 Å². The van der Waals surface area contributed by atoms with Crippen LogP contribution in [0, 0.1) is 5.92 Å². The molecule has 4 rings (SSSR count). The number of anilines is 1. The van der Waals surface area contributed by atoms with Gasteiger partial charge >= 0.3 is 5.97 Å². The van der Waals surface area contributed by atoms with Gasteiger partial charge in [-0.25, -0.2) is 4.79 Å². The molecule has 0 fully saturated rings. The van der Waals surface area contributed by atoms with E-state index in [2.05, 4.69) is 45.5 Å². The zero-order valence-electron chi connectivity index (χ0n) is 12.4. The Morgan fingerprint density at radius 1 is 1.17 bits per heavy atom. The average molecular weight is 370 g/mol. The van der Waals surface area contributed by atoms with Gasteiger partial charge in [0.15, 0.2) is 0 Å². The van der Waals surface area contributed by atoms with Crippen molar-refractivity contribution in [3.05, 3.63) is 75.8 Å². The van der Waals surface area contributed by atoms with Crippen molar-refractivity contribution in [2.24, 2.45) is 5.92 Å². The van der Waals surface area contributed by atoms with Crippen LogP contribution >= 0.6 is 15.9 Å². The maximum absolute atomic E-state index is 11.6. The van der Waals surface area contributed by atoms with Crippen LogP contribution in [0.2, 0.25) is 0 Å². The summed E-state index contributed by atoms with van der Waals surface area (Å²) in [5.41, 5.74) is 3.40. The van der Waals surface area contributed by atoms with E-state index in [9.17, 15) is 9.90 Å². The number of para-hydroxylation sites is 1. The van der Waals surface area contributed by atoms with Crippen LogP contribution in [-0.2, 0) is 0 Å². The Kier molecular flexibility index (Phi) is 3.49. The third kappa shape index (κ3) is 2.38. The molecule has 2 aromatic carbocycles. The summed E-state index contributed by atoms with van der Waals surface area (Å²) in [7, 11) is 0. The lowest BCUT2D eigenvalue weighted by atomic mass is 9.76. The number of benzene rings is 2. The zero-order chi connectivity index (χ0) is 16.0. The van der Waals surface area contributed by atoms with E-state index in [0.717, 1.165) is 22.1 Å². The maximum Gasteiger partial charge on any atom is 0.337 e. The molecule has 116 valence electrons. The number of hydrogen-bond donors (Lipinski definition) is 2. The Hall–Kier alpha value is -2.07. The maximum atomic E-state index is 11.6. The molecule has 0 unspecified atom stereocenters. The van der Waals surface area contributed by atoms with Crippen molar-refractivity contribution in [1.29, 1.82) is 0 Å². The van der Waals surface area contributed by atoms with Crippen molar-refractivity contribution in [1.82, 2.24) is 0 Å². The fourth-order valence-corrected chi connectivity index (χ4v) is 4.06. The minimum atomic E-state index is -0.885. The van der Waals surface area contributed by atoms with Gasteiger partial charge in [0, 0.05) is 10.4 Å². The molecule has 0 bridgehead atoms. The van der Waals surface area contributed by atoms with Gasteiger partial charge < -0.3 is 10.4 Å². The minimum absolute atomic E-state index is 0.121. The van der Waals surface area contributed by atoms with Crippen molar-refractivity contribution in [2.45, 2.75) is 18.4 Å². The van der Waals surface area contributed by atoms with E-state index in [1.54, 1.807) is 6.07 Å². The summed E-state index contributed by atoms with van der Waals surface area (Å²) < 4.78 is 1.05. The predicted octanol–water partition coefficient (Wildman–Crippen LogP) is 4.97. The van der Waals surface area contributed by atoms with Gasteiger partial charge in [0.25, 0.3) is 0 Å². The van der Waals surface area contributed by atoms with Crippen molar-refractivity contribution >= 4 is 27.6 Å². The van der Waals surface area contributed by atoms with Crippen molar-refractivity contribution < 1.29 is 9.90 Å². The van der Waals surface area contributed by atoms with Crippen LogP contribution in [0.1, 0.15) is 39.9 Å². The van der Waals surface area contributed by atoms with Gasteiger partial charge in [0.1, 0.15) is 0 Å². The van der Waals surface area contributed by atoms with Gasteiger partial charge in [-0.05, 0) is 41.7 Å². The van der Waals surface area contributed by atoms with Crippen molar-refractivity contribution in [2.75, 3.05) is 5.32 Å². The first kappa shape index (κ1) is 14.5. The number of nitrogens with one attached hydrogen (secondary N) is 1. The van der Waals surface area contributed by atoms with Gasteiger partial charge in [0.2, 0.25) is 0 Å². The SMILES string of the molecule is O=C(O)c1cccc2c1N[C@H](c1ccc(Br)cc1)[C@H]1CC=C[C@H]21. The first-order valence-corrected chi connectivity index (χ1v) is 8.49. The van der Waals surface area contributed by atoms with Crippen LogP contribution in [0.5, 0.6) is 0 Å². The number of carboxylic acid groups (broad SMARTS) is 1. The fraction of sp³-hybridized carbons (Fsp3) is 0.211. The lowest BCUT2D eigenvalue weighted by Gasteiger charge is -2.38. The summed E-state index contributed by atoms with van der Waals surface area (Å²) in [6.07, 6.45) is 5.45. The molecule has 0 radical (unpaired) electrons. The van der Waals surface area contributed by atoms with Crippen molar-refractivity contribution in [3.63, 3.8) is 0 Å². The highest BCUT2D eigenvalue weighted by atomic mass is 79.9. The number of rotatable bonds is 2. The number of carboxylic acids is 1. The molecule has 1 aliphatic heterocycles. The molecular formula is C19H16BrNO2. The summed E-state index contributed by atoms with van der Waals surface area (Å²) >= 11 is 3.47. The normalized spacial score (nSPS) is 24.7. The van der Waals surface area contributed by atoms with E-state index in [0.29, 0.717) is 11.5 Å². The Morgan fingerprint density at radius 2 is 1.96 bits per heavy atom. The second-order valence-corrected chi connectivity index (χ2v) is 7.02. The molecule has 4 heteroatoms. The number of aromatic carboxylic acids is 1. The summed E-state index contributed by atoms with van der Waals surface area (Å²) in [5, 5.41) is 13.0. The lowest BCUT2D eigenvalue weighted by Crippen LogP contribution is -2.30. The Labute approximate surface area is 143 Å². The molecule has 0 amide bonds. The highest BCUT2D eigenvalue weighted by Crippen LogP contribution is 2.50. The summed E-state index contributed by atoms with van der Waals surface area (Å²) in [5.74, 6) is -0.184. The molecule has 1 aliphatic carbocycles. The highest BCUT2D eigenvalue weighted by molar-refractivity contribution is 9.10. The zero-order valence-corrected chi connectivity index (χ0v) is 14.0. The molecule has 1 heterocycles. The minimum Gasteiger partial charge on any atom is -0.478 e. The van der Waals surface area contributed by atoms with Crippen LogP contribution in [0.25, 0.3) is 0 Å². The van der Waals surface area contributed by atoms with E-state index in [1.807, 2.05) is 24.3 Å². The third-order valence-electron chi connectivity index (χ3n) is 4.86. The van der Waals surface area contributed by atoms with Gasteiger partial charge in [0.05, 0.1) is 17.3 Å². The standard InChI is InChI=1S/C19H16BrNO2/c20-12-9-7-11(8-10-12)17-14-4-1-3-13(14)15-5-2-6-16(19(22)23)18(15)21-17/h1-3,5-10,13-14,17,21H,4H2,(H,22,23)/t13-,14-,17+/m0/s1. The topological polar surface area (TPSA) is 49.3 Å². The Morgan fingerprint density at radius 3 is 2.70 bits per heavy atom. The molecule has 3 atom stereocenters. The van der Waals surface area contributed by atoms with E-state index in [4.69, 9.17) is 0 Å². The smallest absolute Gasteiger partial charge is 0.337 e. The second-order valence-electron chi connectivity index (χ2n) is 6.10. The van der Waals surface area contributed by atoms with Crippen molar-refractivity contribution in [3.8, 4) is 0 Å². The number of hydrogen-bond acceptors (Lipinski definition) is 2. The summed E-state index contributed by atoms with van der Waals surface area (Å²) in [4.78, 5) is 11.6. The predicted molar refractivity (Wildman–Crippen MR) is 93.9 cm³/mol. The molecule has 2 aromatic rings. The van der Waals surface area contributed by atoms with Gasteiger partial charge in [-0.3, -0.25) is 0 Å². The van der Waals surface area contributed by atoms with Crippen LogP contribution < -0.4 is 5.32 Å². The number of halogens is 1. The highest BCUT2D eigenvalue weighted by Gasteiger charge is 2.39. The Balaban J connectivity index is 1.83. The number of carbonyl (C=O) groups is 1. The quantitative estimate of drug-likeness (QED) is 0.734. The molecule has 23 heavy (non-hydrogen) atoms. The average Bonchev–Trinajstić information content (AvgIpc) is 3.04. The van der Waals surface area contributed by atoms with E-state index < -0.39 is 5.97 Å². The molecule has 0 aromatic heterocycles. The molecule has 2 aliphatic rings. The van der Waals surface area contributed by atoms with Crippen LogP contribution in [0.3, 0.4) is 0 Å². The second kappa shape index (κ2) is 5.53. The number of fused-ring (bicyclic) bond motifs is 3. The van der Waals surface area contributed by atoms with E-state index in [1.165, 1.54) is 5.56 Å². The van der Waals surface area contributed by atoms with E-state index in [-0.39, 0.29) is 12.0 Å². The third-order valence-corrected chi connectivity index (χ3v) is 5.38. The summed E-state index contributed by atoms with van der Waals surface area (Å²) in [6.45, 7) is 0. The molecule has 0 saturated carbocycles. The largest absolute Gasteiger partial charge is 0.478 e. The summed E-state index contributed by atoms with van der Waals surface area (Å²) in [6, 6.07) is 14.0. The van der Waals surface area contributed by atoms with Gasteiger partial charge in [-0.15, -0.1) is 0 Å². The van der Waals surface area contributed by atoms with Crippen LogP contribution in [-0.4, -0.2) is 11.1 Å². The van der Waals surface area contributed by atoms with Crippen LogP contribution in [0.15, 0.2) is 59.1 Å². The monoisotopic (exact) mass is 369 g/mol. The van der Waals surface area contributed by atoms with E-state index >= 15 is 0 Å². The first-order valence-electron chi connectivity index (χ1n) is 7.70.